The summed E-state index contributed by atoms with van der Waals surface area (Å²) in [6, 6.07) is 7.52. The summed E-state index contributed by atoms with van der Waals surface area (Å²) in [4.78, 5) is 11.8. The average Bonchev–Trinajstić information content (AvgIpc) is 3.19. The van der Waals surface area contributed by atoms with Gasteiger partial charge in [-0.1, -0.05) is 36.4 Å². The third-order valence-corrected chi connectivity index (χ3v) is 7.23. The minimum atomic E-state index is -0.146. The lowest BCUT2D eigenvalue weighted by Gasteiger charge is -2.29. The molecule has 1 aromatic carbocycles. The van der Waals surface area contributed by atoms with Gasteiger partial charge in [0.2, 0.25) is 0 Å². The number of fused-ring (bicyclic) bond motifs is 1. The first-order chi connectivity index (χ1) is 13.0. The monoisotopic (exact) mass is 467 g/mol. The number of amidine groups is 1. The van der Waals surface area contributed by atoms with Crippen LogP contribution in [0.1, 0.15) is 37.2 Å². The van der Waals surface area contributed by atoms with E-state index in [-0.39, 0.29) is 22.9 Å². The summed E-state index contributed by atoms with van der Waals surface area (Å²) in [7, 11) is 0. The van der Waals surface area contributed by atoms with Crippen LogP contribution in [0.2, 0.25) is 5.02 Å². The van der Waals surface area contributed by atoms with Crippen molar-refractivity contribution in [2.75, 3.05) is 13.2 Å². The van der Waals surface area contributed by atoms with Crippen molar-refractivity contribution >= 4 is 44.5 Å². The zero-order chi connectivity index (χ0) is 19.1. The molecule has 0 bridgehead atoms. The average molecular weight is 469 g/mol. The smallest absolute Gasteiger partial charge is 0.177 e. The number of hydrogen-bond donors (Lipinski definition) is 1. The molecule has 4 rings (SSSR count). The molecule has 1 saturated heterocycles. The molecule has 3 atom stereocenters. The summed E-state index contributed by atoms with van der Waals surface area (Å²) in [6.45, 7) is 5.41. The number of pyridine rings is 1. The number of phenolic OH excluding ortho intramolecular Hbond substituents is 1. The van der Waals surface area contributed by atoms with Crippen LogP contribution in [0.4, 0.5) is 0 Å². The highest BCUT2D eigenvalue weighted by molar-refractivity contribution is 9.10. The Labute approximate surface area is 175 Å². The van der Waals surface area contributed by atoms with E-state index < -0.39 is 0 Å². The van der Waals surface area contributed by atoms with Crippen LogP contribution < -0.4 is 4.74 Å². The van der Waals surface area contributed by atoms with Crippen LogP contribution in [0.25, 0.3) is 0 Å². The van der Waals surface area contributed by atoms with Crippen LogP contribution >= 0.6 is 39.3 Å². The van der Waals surface area contributed by atoms with Gasteiger partial charge in [-0.3, -0.25) is 9.98 Å². The van der Waals surface area contributed by atoms with Gasteiger partial charge in [-0.25, -0.2) is 0 Å². The first kappa shape index (κ1) is 18.9. The molecule has 5 nitrogen and oxygen atoms in total. The summed E-state index contributed by atoms with van der Waals surface area (Å²) in [5.41, 5.74) is 1.84. The minimum absolute atomic E-state index is 0.0492. The number of nitrogens with zero attached hydrogens (tertiary/aromatic N) is 3. The van der Waals surface area contributed by atoms with Crippen LogP contribution in [-0.2, 0) is 0 Å². The fourth-order valence-electron chi connectivity index (χ4n) is 3.55. The number of aliphatic imine (C=N–C) groups is 1. The summed E-state index contributed by atoms with van der Waals surface area (Å²) in [5.74, 6) is 0.334. The van der Waals surface area contributed by atoms with Gasteiger partial charge in [0.25, 0.3) is 0 Å². The van der Waals surface area contributed by atoms with Crippen molar-refractivity contribution in [3.05, 3.63) is 51.2 Å². The van der Waals surface area contributed by atoms with Crippen molar-refractivity contribution < 1.29 is 9.84 Å². The van der Waals surface area contributed by atoms with Crippen molar-refractivity contribution in [1.82, 2.24) is 9.88 Å². The normalized spacial score (nSPS) is 24.1. The maximum absolute atomic E-state index is 10.3. The highest BCUT2D eigenvalue weighted by Crippen LogP contribution is 2.52. The highest BCUT2D eigenvalue weighted by atomic mass is 79.9. The zero-order valence-corrected chi connectivity index (χ0v) is 18.1. The number of aromatic nitrogens is 1. The van der Waals surface area contributed by atoms with Crippen LogP contribution in [0, 0.1) is 0 Å². The molecule has 0 spiro atoms. The second-order valence-corrected chi connectivity index (χ2v) is 9.09. The number of rotatable bonds is 4. The van der Waals surface area contributed by atoms with Crippen LogP contribution in [-0.4, -0.2) is 38.6 Å². The van der Waals surface area contributed by atoms with Gasteiger partial charge >= 0.3 is 0 Å². The lowest BCUT2D eigenvalue weighted by atomic mass is 9.96. The molecule has 1 N–H and O–H groups in total. The second kappa shape index (κ2) is 7.53. The van der Waals surface area contributed by atoms with E-state index in [4.69, 9.17) is 21.3 Å². The van der Waals surface area contributed by atoms with Crippen LogP contribution in [0.15, 0.2) is 39.9 Å². The van der Waals surface area contributed by atoms with Crippen LogP contribution in [0.5, 0.6) is 11.5 Å². The SMILES string of the molecule is CCOc1cc([C@@H]2[C@@H](c3ccccn3)N=C3S[C@H](C)CN32)c(Br)c(Cl)c1O. The molecule has 1 aromatic heterocycles. The first-order valence-corrected chi connectivity index (χ1v) is 10.8. The molecular weight excluding hydrogens is 450 g/mol. The highest BCUT2D eigenvalue weighted by Gasteiger charge is 2.44. The number of aromatic hydroxyl groups is 1. The Morgan fingerprint density at radius 1 is 1.44 bits per heavy atom. The third-order valence-electron chi connectivity index (χ3n) is 4.67. The molecule has 142 valence electrons. The Hall–Kier alpha value is -1.44. The molecule has 27 heavy (non-hydrogen) atoms. The van der Waals surface area contributed by atoms with E-state index in [2.05, 4.69) is 32.7 Å². The predicted molar refractivity (Wildman–Crippen MR) is 113 cm³/mol. The van der Waals surface area contributed by atoms with Crippen LogP contribution in [0.3, 0.4) is 0 Å². The van der Waals surface area contributed by atoms with Gasteiger partial charge < -0.3 is 14.7 Å². The summed E-state index contributed by atoms with van der Waals surface area (Å²) < 4.78 is 6.28. The van der Waals surface area contributed by atoms with Gasteiger partial charge in [0.05, 0.1) is 18.3 Å². The molecule has 3 heterocycles. The molecule has 2 aromatic rings. The molecule has 0 radical (unpaired) electrons. The second-order valence-electron chi connectivity index (χ2n) is 6.51. The lowest BCUT2D eigenvalue weighted by molar-refractivity contribution is 0.306. The van der Waals surface area contributed by atoms with E-state index in [0.717, 1.165) is 23.0 Å². The van der Waals surface area contributed by atoms with Crippen molar-refractivity contribution in [3.63, 3.8) is 0 Å². The molecule has 0 unspecified atom stereocenters. The Balaban J connectivity index is 1.85. The van der Waals surface area contributed by atoms with E-state index in [9.17, 15) is 5.11 Å². The maximum atomic E-state index is 10.3. The van der Waals surface area contributed by atoms with E-state index >= 15 is 0 Å². The van der Waals surface area contributed by atoms with E-state index in [1.165, 1.54) is 0 Å². The van der Waals surface area contributed by atoms with Crippen molar-refractivity contribution in [3.8, 4) is 11.5 Å². The number of hydrogen-bond acceptors (Lipinski definition) is 6. The molecule has 2 aliphatic rings. The van der Waals surface area contributed by atoms with Gasteiger partial charge in [-0.2, -0.15) is 0 Å². The Kier molecular flexibility index (Phi) is 5.27. The molecule has 1 fully saturated rings. The Morgan fingerprint density at radius 3 is 2.96 bits per heavy atom. The molecule has 2 aliphatic heterocycles. The van der Waals surface area contributed by atoms with Gasteiger partial charge in [0, 0.05) is 22.5 Å². The Bertz CT molecular complexity index is 896. The van der Waals surface area contributed by atoms with Gasteiger partial charge in [0.1, 0.15) is 11.1 Å². The fourth-order valence-corrected chi connectivity index (χ4v) is 5.38. The minimum Gasteiger partial charge on any atom is -0.503 e. The number of phenols is 1. The largest absolute Gasteiger partial charge is 0.503 e. The van der Waals surface area contributed by atoms with Gasteiger partial charge in [-0.15, -0.1) is 0 Å². The molecule has 0 saturated carbocycles. The summed E-state index contributed by atoms with van der Waals surface area (Å²) in [6.07, 6.45) is 1.79. The van der Waals surface area contributed by atoms with Gasteiger partial charge in [0.15, 0.2) is 16.7 Å². The standard InChI is InChI=1S/C19H19BrClN3O2S/c1-3-26-13-8-11(14(20)15(21)18(13)25)17-16(12-6-4-5-7-22-12)23-19-24(17)9-10(2)27-19/h4-8,10,16-17,25H,3,9H2,1-2H3/t10-,16-,17-/m1/s1. The molecule has 8 heteroatoms. The third kappa shape index (κ3) is 3.30. The Morgan fingerprint density at radius 2 is 2.26 bits per heavy atom. The number of ether oxygens (including phenoxy) is 1. The first-order valence-electron chi connectivity index (χ1n) is 8.77. The number of benzene rings is 1. The fraction of sp³-hybridized carbons (Fsp3) is 0.368. The quantitative estimate of drug-likeness (QED) is 0.669. The molecular formula is C19H19BrClN3O2S. The van der Waals surface area contributed by atoms with Crippen molar-refractivity contribution in [2.24, 2.45) is 4.99 Å². The molecule has 0 amide bonds. The number of thioether (sulfide) groups is 1. The summed E-state index contributed by atoms with van der Waals surface area (Å²) in [5, 5.41) is 12.1. The molecule has 0 aliphatic carbocycles. The maximum Gasteiger partial charge on any atom is 0.177 e. The van der Waals surface area contributed by atoms with Crippen molar-refractivity contribution in [1.29, 1.82) is 0 Å². The number of halogens is 2. The van der Waals surface area contributed by atoms with E-state index in [1.54, 1.807) is 18.0 Å². The van der Waals surface area contributed by atoms with E-state index in [1.807, 2.05) is 31.2 Å². The lowest BCUT2D eigenvalue weighted by Crippen LogP contribution is -2.29. The topological polar surface area (TPSA) is 58.0 Å². The predicted octanol–water partition coefficient (Wildman–Crippen LogP) is 5.19. The van der Waals surface area contributed by atoms with Gasteiger partial charge in [-0.05, 0) is 46.6 Å². The van der Waals surface area contributed by atoms with Crippen molar-refractivity contribution in [2.45, 2.75) is 31.2 Å². The van der Waals surface area contributed by atoms with E-state index in [0.29, 0.717) is 22.1 Å². The summed E-state index contributed by atoms with van der Waals surface area (Å²) >= 11 is 11.8. The zero-order valence-electron chi connectivity index (χ0n) is 14.9.